The van der Waals surface area contributed by atoms with Gasteiger partial charge in [-0.25, -0.2) is 12.4 Å². The molecule has 7 heteroatoms. The minimum absolute atomic E-state index is 0.292. The SMILES string of the molecule is Cc1ccc(S(=O)(=O)n2c(NC(C)(C)C)c(N3CCN(C)CC3)c3ccccc32)cc1. The number of likely N-dealkylation sites (N-methyl/N-ethyl adjacent to an activating group) is 1. The summed E-state index contributed by atoms with van der Waals surface area (Å²) in [5.41, 5.74) is 2.39. The number of piperazine rings is 1. The summed E-state index contributed by atoms with van der Waals surface area (Å²) in [6.45, 7) is 11.7. The Morgan fingerprint density at radius 3 is 2.13 bits per heavy atom. The summed E-state index contributed by atoms with van der Waals surface area (Å²) in [6, 6.07) is 14.9. The molecule has 1 aliphatic rings. The van der Waals surface area contributed by atoms with Gasteiger partial charge in [0.05, 0.1) is 16.1 Å². The molecule has 6 nitrogen and oxygen atoms in total. The van der Waals surface area contributed by atoms with Gasteiger partial charge >= 0.3 is 0 Å². The Bertz CT molecular complexity index is 1180. The van der Waals surface area contributed by atoms with Crippen molar-refractivity contribution < 1.29 is 8.42 Å². The van der Waals surface area contributed by atoms with Gasteiger partial charge in [-0.3, -0.25) is 0 Å². The van der Waals surface area contributed by atoms with Crippen LogP contribution in [0.25, 0.3) is 10.9 Å². The van der Waals surface area contributed by atoms with Gasteiger partial charge in [-0.05, 0) is 52.9 Å². The van der Waals surface area contributed by atoms with Crippen molar-refractivity contribution in [3.8, 4) is 0 Å². The molecule has 0 radical (unpaired) electrons. The number of para-hydroxylation sites is 1. The maximum Gasteiger partial charge on any atom is 0.269 e. The Hall–Kier alpha value is -2.51. The maximum absolute atomic E-state index is 13.9. The van der Waals surface area contributed by atoms with E-state index in [2.05, 4.69) is 42.9 Å². The van der Waals surface area contributed by atoms with Crippen LogP contribution in [-0.2, 0) is 10.0 Å². The largest absolute Gasteiger partial charge is 0.365 e. The molecule has 0 spiro atoms. The number of aromatic nitrogens is 1. The molecule has 0 saturated carbocycles. The highest BCUT2D eigenvalue weighted by molar-refractivity contribution is 7.90. The number of rotatable bonds is 4. The molecule has 0 aliphatic carbocycles. The van der Waals surface area contributed by atoms with Gasteiger partial charge in [-0.2, -0.15) is 0 Å². The standard InChI is InChI=1S/C24H32N4O2S/c1-18-10-12-19(13-11-18)31(29,30)28-21-9-7-6-8-20(21)22(23(28)25-24(2,3)4)27-16-14-26(5)15-17-27/h6-13,25H,14-17H2,1-5H3. The first-order chi connectivity index (χ1) is 14.6. The van der Waals surface area contributed by atoms with E-state index in [4.69, 9.17) is 0 Å². The fourth-order valence-electron chi connectivity index (χ4n) is 4.08. The quantitative estimate of drug-likeness (QED) is 0.661. The number of hydrogen-bond donors (Lipinski definition) is 1. The van der Waals surface area contributed by atoms with Crippen LogP contribution in [0.1, 0.15) is 26.3 Å². The summed E-state index contributed by atoms with van der Waals surface area (Å²) in [5.74, 6) is 0.638. The summed E-state index contributed by atoms with van der Waals surface area (Å²) in [4.78, 5) is 4.91. The van der Waals surface area contributed by atoms with Crippen molar-refractivity contribution in [2.45, 2.75) is 38.1 Å². The van der Waals surface area contributed by atoms with Gasteiger partial charge in [0.25, 0.3) is 10.0 Å². The van der Waals surface area contributed by atoms with E-state index in [1.807, 2.05) is 43.3 Å². The molecule has 1 aromatic heterocycles. The van der Waals surface area contributed by atoms with E-state index in [1.54, 1.807) is 12.1 Å². The minimum Gasteiger partial charge on any atom is -0.365 e. The molecule has 0 amide bonds. The van der Waals surface area contributed by atoms with E-state index in [-0.39, 0.29) is 5.54 Å². The molecular formula is C24H32N4O2S. The van der Waals surface area contributed by atoms with Gasteiger partial charge in [0.1, 0.15) is 5.82 Å². The van der Waals surface area contributed by atoms with Gasteiger partial charge < -0.3 is 15.1 Å². The zero-order valence-corrected chi connectivity index (χ0v) is 19.8. The number of nitrogens with one attached hydrogen (secondary N) is 1. The third-order valence-corrected chi connectivity index (χ3v) is 7.41. The highest BCUT2D eigenvalue weighted by Gasteiger charge is 2.32. The lowest BCUT2D eigenvalue weighted by Gasteiger charge is -2.35. The molecule has 1 aliphatic heterocycles. The molecule has 1 N–H and O–H groups in total. The van der Waals surface area contributed by atoms with E-state index < -0.39 is 10.0 Å². The zero-order valence-electron chi connectivity index (χ0n) is 19.0. The van der Waals surface area contributed by atoms with Crippen LogP contribution in [0.3, 0.4) is 0 Å². The Kier molecular flexibility index (Phi) is 5.52. The van der Waals surface area contributed by atoms with E-state index in [1.165, 1.54) is 3.97 Å². The molecule has 1 fully saturated rings. The predicted molar refractivity (Wildman–Crippen MR) is 129 cm³/mol. The lowest BCUT2D eigenvalue weighted by molar-refractivity contribution is 0.313. The number of anilines is 2. The molecule has 2 aromatic carbocycles. The van der Waals surface area contributed by atoms with E-state index >= 15 is 0 Å². The lowest BCUT2D eigenvalue weighted by atomic mass is 10.1. The summed E-state index contributed by atoms with van der Waals surface area (Å²) in [6.07, 6.45) is 0. The predicted octanol–water partition coefficient (Wildman–Crippen LogP) is 4.15. The summed E-state index contributed by atoms with van der Waals surface area (Å²) in [7, 11) is -1.68. The average molecular weight is 441 g/mol. The van der Waals surface area contributed by atoms with Crippen LogP contribution in [0.4, 0.5) is 11.5 Å². The highest BCUT2D eigenvalue weighted by Crippen LogP contribution is 2.42. The second-order valence-electron chi connectivity index (χ2n) is 9.46. The van der Waals surface area contributed by atoms with Crippen molar-refractivity contribution >= 4 is 32.4 Å². The first-order valence-corrected chi connectivity index (χ1v) is 12.2. The van der Waals surface area contributed by atoms with E-state index in [0.717, 1.165) is 42.8 Å². The third-order valence-electron chi connectivity index (χ3n) is 5.68. The summed E-state index contributed by atoms with van der Waals surface area (Å²) in [5, 5.41) is 4.49. The molecule has 31 heavy (non-hydrogen) atoms. The van der Waals surface area contributed by atoms with Crippen molar-refractivity contribution in [3.05, 3.63) is 54.1 Å². The second kappa shape index (κ2) is 7.88. The topological polar surface area (TPSA) is 57.6 Å². The summed E-state index contributed by atoms with van der Waals surface area (Å²) >= 11 is 0. The van der Waals surface area contributed by atoms with Crippen LogP contribution in [-0.4, -0.2) is 56.1 Å². The molecule has 0 atom stereocenters. The molecule has 1 saturated heterocycles. The molecule has 2 heterocycles. The van der Waals surface area contributed by atoms with Crippen molar-refractivity contribution in [3.63, 3.8) is 0 Å². The Labute approximate surface area is 185 Å². The Morgan fingerprint density at radius 1 is 0.903 bits per heavy atom. The van der Waals surface area contributed by atoms with Crippen LogP contribution in [0.2, 0.25) is 0 Å². The van der Waals surface area contributed by atoms with Crippen LogP contribution >= 0.6 is 0 Å². The molecule has 3 aromatic rings. The number of nitrogens with zero attached hydrogens (tertiary/aromatic N) is 3. The van der Waals surface area contributed by atoms with Gasteiger partial charge in [-0.15, -0.1) is 0 Å². The Morgan fingerprint density at radius 2 is 1.52 bits per heavy atom. The summed E-state index contributed by atoms with van der Waals surface area (Å²) < 4.78 is 29.3. The van der Waals surface area contributed by atoms with Crippen LogP contribution in [0, 0.1) is 6.92 Å². The lowest BCUT2D eigenvalue weighted by Crippen LogP contribution is -2.45. The minimum atomic E-state index is -3.80. The van der Waals surface area contributed by atoms with Gasteiger partial charge in [0.15, 0.2) is 0 Å². The molecule has 166 valence electrons. The number of aryl methyl sites for hydroxylation is 1. The van der Waals surface area contributed by atoms with Crippen LogP contribution in [0.5, 0.6) is 0 Å². The van der Waals surface area contributed by atoms with Crippen molar-refractivity contribution in [2.75, 3.05) is 43.4 Å². The van der Waals surface area contributed by atoms with Crippen LogP contribution < -0.4 is 10.2 Å². The second-order valence-corrected chi connectivity index (χ2v) is 11.2. The third kappa shape index (κ3) is 4.16. The zero-order chi connectivity index (χ0) is 22.4. The van der Waals surface area contributed by atoms with E-state index in [9.17, 15) is 8.42 Å². The van der Waals surface area contributed by atoms with Crippen molar-refractivity contribution in [2.24, 2.45) is 0 Å². The van der Waals surface area contributed by atoms with Gasteiger partial charge in [0.2, 0.25) is 0 Å². The first-order valence-electron chi connectivity index (χ1n) is 10.8. The first kappa shape index (κ1) is 21.7. The number of benzene rings is 2. The Balaban J connectivity index is 2.00. The smallest absolute Gasteiger partial charge is 0.269 e. The van der Waals surface area contributed by atoms with Gasteiger partial charge in [-0.1, -0.05) is 35.9 Å². The fourth-order valence-corrected chi connectivity index (χ4v) is 5.56. The molecular weight excluding hydrogens is 408 g/mol. The molecule has 0 unspecified atom stereocenters. The van der Waals surface area contributed by atoms with Crippen molar-refractivity contribution in [1.82, 2.24) is 8.87 Å². The van der Waals surface area contributed by atoms with Crippen molar-refractivity contribution in [1.29, 1.82) is 0 Å². The average Bonchev–Trinajstić information content (AvgIpc) is 3.01. The van der Waals surface area contributed by atoms with Crippen LogP contribution in [0.15, 0.2) is 53.4 Å². The monoisotopic (exact) mass is 440 g/mol. The molecule has 4 rings (SSSR count). The molecule has 0 bridgehead atoms. The maximum atomic E-state index is 13.9. The fraction of sp³-hybridized carbons (Fsp3) is 0.417. The number of hydrogen-bond acceptors (Lipinski definition) is 5. The normalized spacial score (nSPS) is 16.1. The van der Waals surface area contributed by atoms with Gasteiger partial charge in [0, 0.05) is 37.1 Å². The highest BCUT2D eigenvalue weighted by atomic mass is 32.2. The number of fused-ring (bicyclic) bond motifs is 1. The van der Waals surface area contributed by atoms with E-state index in [0.29, 0.717) is 16.2 Å².